The minimum atomic E-state index is 0.0816. The molecule has 2 aliphatic heterocycles. The summed E-state index contributed by atoms with van der Waals surface area (Å²) in [6, 6.07) is 7.25. The van der Waals surface area contributed by atoms with Crippen LogP contribution < -0.4 is 0 Å². The monoisotopic (exact) mass is 518 g/mol. The van der Waals surface area contributed by atoms with Crippen molar-refractivity contribution in [1.29, 1.82) is 0 Å². The summed E-state index contributed by atoms with van der Waals surface area (Å²) >= 11 is 0. The highest BCUT2D eigenvalue weighted by Gasteiger charge is 2.47. The summed E-state index contributed by atoms with van der Waals surface area (Å²) in [4.78, 5) is 14.8. The molecule has 2 saturated heterocycles. The molecular formula is C32H46N4O2. The van der Waals surface area contributed by atoms with Crippen molar-refractivity contribution in [3.8, 4) is 0 Å². The van der Waals surface area contributed by atoms with Gasteiger partial charge in [0, 0.05) is 54.4 Å². The second-order valence-electron chi connectivity index (χ2n) is 13.6. The van der Waals surface area contributed by atoms with Crippen LogP contribution in [0.4, 0.5) is 0 Å². The van der Waals surface area contributed by atoms with E-state index in [0.717, 1.165) is 39.5 Å². The Kier molecular flexibility index (Phi) is 7.13. The van der Waals surface area contributed by atoms with Gasteiger partial charge in [-0.05, 0) is 101 Å². The molecule has 38 heavy (non-hydrogen) atoms. The van der Waals surface area contributed by atoms with Crippen LogP contribution in [0.3, 0.4) is 0 Å². The van der Waals surface area contributed by atoms with E-state index in [0.29, 0.717) is 23.8 Å². The lowest BCUT2D eigenvalue weighted by Crippen LogP contribution is -2.52. The molecule has 2 saturated carbocycles. The molecule has 206 valence electrons. The van der Waals surface area contributed by atoms with E-state index < -0.39 is 0 Å². The average Bonchev–Trinajstić information content (AvgIpc) is 3.84. The normalized spacial score (nSPS) is 29.4. The molecule has 0 aromatic carbocycles. The third-order valence-corrected chi connectivity index (χ3v) is 9.42. The van der Waals surface area contributed by atoms with Gasteiger partial charge in [0.25, 0.3) is 0 Å². The van der Waals surface area contributed by atoms with Crippen LogP contribution in [0.15, 0.2) is 36.8 Å². The number of rotatable bonds is 7. The van der Waals surface area contributed by atoms with Crippen molar-refractivity contribution in [2.24, 2.45) is 5.92 Å². The van der Waals surface area contributed by atoms with Crippen LogP contribution in [0.1, 0.15) is 107 Å². The number of hydrogen-bond acceptors (Lipinski definition) is 6. The van der Waals surface area contributed by atoms with E-state index in [2.05, 4.69) is 73.8 Å². The summed E-state index contributed by atoms with van der Waals surface area (Å²) < 4.78 is 12.1. The third-order valence-electron chi connectivity index (χ3n) is 9.42. The van der Waals surface area contributed by atoms with Crippen molar-refractivity contribution in [2.45, 2.75) is 95.3 Å². The fourth-order valence-corrected chi connectivity index (χ4v) is 7.30. The van der Waals surface area contributed by atoms with Crippen molar-refractivity contribution in [3.63, 3.8) is 0 Å². The van der Waals surface area contributed by atoms with Gasteiger partial charge in [0.15, 0.2) is 0 Å². The number of morpholine rings is 2. The maximum Gasteiger partial charge on any atom is 0.0665 e. The van der Waals surface area contributed by atoms with Gasteiger partial charge < -0.3 is 9.47 Å². The van der Waals surface area contributed by atoms with Crippen LogP contribution in [-0.2, 0) is 9.47 Å². The molecule has 0 N–H and O–H groups in total. The summed E-state index contributed by atoms with van der Waals surface area (Å²) in [7, 11) is 0. The van der Waals surface area contributed by atoms with E-state index >= 15 is 0 Å². The summed E-state index contributed by atoms with van der Waals surface area (Å²) in [5.74, 6) is 1.91. The molecule has 0 radical (unpaired) electrons. The number of nitrogens with zero attached hydrogens (tertiary/aromatic N) is 4. The molecule has 4 atom stereocenters. The lowest BCUT2D eigenvalue weighted by molar-refractivity contribution is -0.0606. The fraction of sp³-hybridized carbons (Fsp3) is 0.688. The molecule has 0 spiro atoms. The Balaban J connectivity index is 1.20. The number of hydrogen-bond donors (Lipinski definition) is 0. The SMILES string of the molecule is CC(C)(C)N1CCOCC1c1ccncc1C1CC1CC(C)(C)N1CCOCC1c1cccnc1C1CC1. The third kappa shape index (κ3) is 5.30. The fourth-order valence-electron chi connectivity index (χ4n) is 7.30. The molecule has 6 nitrogen and oxygen atoms in total. The number of ether oxygens (including phenoxy) is 2. The van der Waals surface area contributed by atoms with Crippen LogP contribution in [0.25, 0.3) is 0 Å². The van der Waals surface area contributed by atoms with Crippen LogP contribution in [0.5, 0.6) is 0 Å². The number of pyridine rings is 2. The Bertz CT molecular complexity index is 1120. The van der Waals surface area contributed by atoms with Crippen molar-refractivity contribution < 1.29 is 9.47 Å². The van der Waals surface area contributed by atoms with Crippen LogP contribution in [-0.4, -0.2) is 70.4 Å². The molecule has 2 aromatic heterocycles. The maximum atomic E-state index is 6.05. The lowest BCUT2D eigenvalue weighted by atomic mass is 9.88. The molecule has 4 fully saturated rings. The molecule has 4 unspecified atom stereocenters. The smallest absolute Gasteiger partial charge is 0.0665 e. The minimum Gasteiger partial charge on any atom is -0.378 e. The van der Waals surface area contributed by atoms with Gasteiger partial charge in [0.05, 0.1) is 38.5 Å². The zero-order valence-corrected chi connectivity index (χ0v) is 24.0. The van der Waals surface area contributed by atoms with E-state index in [-0.39, 0.29) is 17.1 Å². The summed E-state index contributed by atoms with van der Waals surface area (Å²) in [5.41, 5.74) is 5.76. The van der Waals surface area contributed by atoms with Gasteiger partial charge in [-0.25, -0.2) is 0 Å². The molecule has 4 heterocycles. The molecule has 6 rings (SSSR count). The van der Waals surface area contributed by atoms with Gasteiger partial charge in [-0.3, -0.25) is 19.8 Å². The second-order valence-corrected chi connectivity index (χ2v) is 13.6. The summed E-state index contributed by atoms with van der Waals surface area (Å²) in [6.07, 6.45) is 11.1. The van der Waals surface area contributed by atoms with Gasteiger partial charge in [0.1, 0.15) is 0 Å². The molecule has 0 bridgehead atoms. The van der Waals surface area contributed by atoms with E-state index in [1.807, 2.05) is 12.4 Å². The molecule has 6 heteroatoms. The Morgan fingerprint density at radius 3 is 2.29 bits per heavy atom. The molecule has 4 aliphatic rings. The van der Waals surface area contributed by atoms with Crippen molar-refractivity contribution in [3.05, 3.63) is 59.2 Å². The van der Waals surface area contributed by atoms with Crippen LogP contribution in [0.2, 0.25) is 0 Å². The van der Waals surface area contributed by atoms with Gasteiger partial charge in [-0.2, -0.15) is 0 Å². The van der Waals surface area contributed by atoms with Gasteiger partial charge in [-0.1, -0.05) is 6.07 Å². The topological polar surface area (TPSA) is 50.7 Å². The van der Waals surface area contributed by atoms with Crippen LogP contribution in [0, 0.1) is 5.92 Å². The first-order chi connectivity index (χ1) is 18.2. The van der Waals surface area contributed by atoms with Gasteiger partial charge in [-0.15, -0.1) is 0 Å². The Morgan fingerprint density at radius 1 is 0.868 bits per heavy atom. The van der Waals surface area contributed by atoms with Crippen molar-refractivity contribution >= 4 is 0 Å². The maximum absolute atomic E-state index is 6.05. The van der Waals surface area contributed by atoms with E-state index in [1.54, 1.807) is 0 Å². The zero-order valence-electron chi connectivity index (χ0n) is 24.0. The van der Waals surface area contributed by atoms with Gasteiger partial charge in [0.2, 0.25) is 0 Å². The average molecular weight is 519 g/mol. The molecular weight excluding hydrogens is 472 g/mol. The highest BCUT2D eigenvalue weighted by molar-refractivity contribution is 5.35. The highest BCUT2D eigenvalue weighted by atomic mass is 16.5. The van der Waals surface area contributed by atoms with Crippen molar-refractivity contribution in [2.75, 3.05) is 39.5 Å². The summed E-state index contributed by atoms with van der Waals surface area (Å²) in [6.45, 7) is 17.0. The van der Waals surface area contributed by atoms with E-state index in [9.17, 15) is 0 Å². The van der Waals surface area contributed by atoms with E-state index in [1.165, 1.54) is 48.1 Å². The number of aromatic nitrogens is 2. The molecule has 2 aromatic rings. The first-order valence-corrected chi connectivity index (χ1v) is 14.8. The Morgan fingerprint density at radius 2 is 1.58 bits per heavy atom. The van der Waals surface area contributed by atoms with E-state index in [4.69, 9.17) is 14.5 Å². The zero-order chi connectivity index (χ0) is 26.5. The second kappa shape index (κ2) is 10.3. The van der Waals surface area contributed by atoms with Crippen molar-refractivity contribution in [1.82, 2.24) is 19.8 Å². The highest BCUT2D eigenvalue weighted by Crippen LogP contribution is 2.55. The predicted octanol–water partition coefficient (Wildman–Crippen LogP) is 5.87. The summed E-state index contributed by atoms with van der Waals surface area (Å²) in [5, 5.41) is 0. The predicted molar refractivity (Wildman–Crippen MR) is 150 cm³/mol. The molecule has 2 aliphatic carbocycles. The van der Waals surface area contributed by atoms with Crippen LogP contribution >= 0.6 is 0 Å². The first-order valence-electron chi connectivity index (χ1n) is 14.8. The standard InChI is InChI=1S/C32H46N4O2/c1-31(2,3)35-13-15-37-20-28(35)24-10-12-33-19-27(24)26-17-23(26)18-32(4,5)36-14-16-38-21-29(36)25-7-6-11-34-30(25)22-8-9-22/h6-7,10-12,19,22-23,26,28-29H,8-9,13-18,20-21H2,1-5H3. The lowest BCUT2D eigenvalue weighted by Gasteiger charge is -2.47. The first kappa shape index (κ1) is 26.4. The largest absolute Gasteiger partial charge is 0.378 e. The quantitative estimate of drug-likeness (QED) is 0.457. The Hall–Kier alpha value is -1.86. The minimum absolute atomic E-state index is 0.0816. The van der Waals surface area contributed by atoms with Gasteiger partial charge >= 0.3 is 0 Å². The molecule has 0 amide bonds. The Labute approximate surface area is 229 Å².